The summed E-state index contributed by atoms with van der Waals surface area (Å²) in [6.07, 6.45) is -0.563. The number of hydrogen-bond donors (Lipinski definition) is 1. The molecule has 0 atom stereocenters. The SMILES string of the molecule is C=C(CCc1ncnc(NCC(=O)N2CCC2)c1F)C(F)F. The molecule has 0 bridgehead atoms. The molecule has 1 aliphatic heterocycles. The Morgan fingerprint density at radius 2 is 2.14 bits per heavy atom. The second kappa shape index (κ2) is 7.24. The van der Waals surface area contributed by atoms with E-state index in [0.717, 1.165) is 12.7 Å². The molecule has 0 unspecified atom stereocenters. The first-order chi connectivity index (χ1) is 10.5. The summed E-state index contributed by atoms with van der Waals surface area (Å²) in [6.45, 7) is 4.61. The van der Waals surface area contributed by atoms with Gasteiger partial charge in [0.05, 0.1) is 12.2 Å². The molecule has 120 valence electrons. The Morgan fingerprint density at radius 1 is 1.41 bits per heavy atom. The maximum absolute atomic E-state index is 14.1. The molecule has 1 N–H and O–H groups in total. The number of halogens is 3. The van der Waals surface area contributed by atoms with Crippen molar-refractivity contribution in [2.24, 2.45) is 0 Å². The Kier molecular flexibility index (Phi) is 5.35. The van der Waals surface area contributed by atoms with E-state index >= 15 is 0 Å². The minimum atomic E-state index is -2.63. The maximum atomic E-state index is 14.1. The number of hydrogen-bond acceptors (Lipinski definition) is 4. The van der Waals surface area contributed by atoms with Crippen LogP contribution in [0.15, 0.2) is 18.5 Å². The van der Waals surface area contributed by atoms with E-state index in [0.29, 0.717) is 13.1 Å². The highest BCUT2D eigenvalue weighted by molar-refractivity contribution is 5.81. The third-order valence-electron chi connectivity index (χ3n) is 3.47. The fourth-order valence-electron chi connectivity index (χ4n) is 1.93. The van der Waals surface area contributed by atoms with Crippen LogP contribution in [0.4, 0.5) is 19.0 Å². The van der Waals surface area contributed by atoms with Gasteiger partial charge < -0.3 is 10.2 Å². The molecule has 1 fully saturated rings. The van der Waals surface area contributed by atoms with E-state index in [9.17, 15) is 18.0 Å². The van der Waals surface area contributed by atoms with Gasteiger partial charge in [0.1, 0.15) is 6.33 Å². The van der Waals surface area contributed by atoms with E-state index in [1.807, 2.05) is 0 Å². The Labute approximate surface area is 126 Å². The molecule has 0 aromatic carbocycles. The van der Waals surface area contributed by atoms with Crippen LogP contribution in [0.2, 0.25) is 0 Å². The lowest BCUT2D eigenvalue weighted by molar-refractivity contribution is -0.132. The molecule has 1 aromatic heterocycles. The molecule has 1 saturated heterocycles. The lowest BCUT2D eigenvalue weighted by Crippen LogP contribution is -2.44. The topological polar surface area (TPSA) is 58.1 Å². The van der Waals surface area contributed by atoms with Gasteiger partial charge in [-0.05, 0) is 24.8 Å². The van der Waals surface area contributed by atoms with Gasteiger partial charge in [-0.15, -0.1) is 0 Å². The van der Waals surface area contributed by atoms with Crippen molar-refractivity contribution in [1.29, 1.82) is 0 Å². The number of aromatic nitrogens is 2. The highest BCUT2D eigenvalue weighted by atomic mass is 19.3. The summed E-state index contributed by atoms with van der Waals surface area (Å²) in [7, 11) is 0. The summed E-state index contributed by atoms with van der Waals surface area (Å²) < 4.78 is 38.9. The number of nitrogens with zero attached hydrogens (tertiary/aromatic N) is 3. The molecular weight excluding hydrogens is 297 g/mol. The number of aryl methyl sites for hydroxylation is 1. The third kappa shape index (κ3) is 3.96. The quantitative estimate of drug-likeness (QED) is 0.782. The van der Waals surface area contributed by atoms with Crippen LogP contribution in [0.1, 0.15) is 18.5 Å². The summed E-state index contributed by atoms with van der Waals surface area (Å²) in [5, 5.41) is 2.62. The minimum absolute atomic E-state index is 0.00623. The van der Waals surface area contributed by atoms with Crippen molar-refractivity contribution in [2.75, 3.05) is 25.0 Å². The molecule has 2 rings (SSSR count). The van der Waals surface area contributed by atoms with Crippen molar-refractivity contribution in [2.45, 2.75) is 25.7 Å². The highest BCUT2D eigenvalue weighted by Gasteiger charge is 2.20. The molecule has 0 radical (unpaired) electrons. The number of carbonyl (C=O) groups is 1. The lowest BCUT2D eigenvalue weighted by Gasteiger charge is -2.30. The van der Waals surface area contributed by atoms with Crippen molar-refractivity contribution in [3.63, 3.8) is 0 Å². The largest absolute Gasteiger partial charge is 0.358 e. The molecule has 0 aliphatic carbocycles. The van der Waals surface area contributed by atoms with Gasteiger partial charge in [-0.25, -0.2) is 23.1 Å². The van der Waals surface area contributed by atoms with E-state index in [2.05, 4.69) is 21.9 Å². The average Bonchev–Trinajstić information content (AvgIpc) is 2.42. The summed E-state index contributed by atoms with van der Waals surface area (Å²) >= 11 is 0. The van der Waals surface area contributed by atoms with Crippen LogP contribution in [-0.4, -0.2) is 46.8 Å². The maximum Gasteiger partial charge on any atom is 0.259 e. The highest BCUT2D eigenvalue weighted by Crippen LogP contribution is 2.18. The molecule has 8 heteroatoms. The molecular formula is C14H17F3N4O. The van der Waals surface area contributed by atoms with Gasteiger partial charge in [0.15, 0.2) is 11.6 Å². The van der Waals surface area contributed by atoms with Crippen LogP contribution < -0.4 is 5.32 Å². The van der Waals surface area contributed by atoms with Crippen molar-refractivity contribution in [3.05, 3.63) is 30.0 Å². The molecule has 2 heterocycles. The van der Waals surface area contributed by atoms with Crippen molar-refractivity contribution in [1.82, 2.24) is 14.9 Å². The van der Waals surface area contributed by atoms with Gasteiger partial charge in [0.25, 0.3) is 6.43 Å². The Balaban J connectivity index is 1.93. The molecule has 5 nitrogen and oxygen atoms in total. The zero-order chi connectivity index (χ0) is 16.1. The number of alkyl halides is 2. The summed E-state index contributed by atoms with van der Waals surface area (Å²) in [5.41, 5.74) is -0.240. The molecule has 1 aliphatic rings. The molecule has 1 amide bonds. The van der Waals surface area contributed by atoms with E-state index < -0.39 is 12.2 Å². The van der Waals surface area contributed by atoms with E-state index in [-0.39, 0.29) is 42.4 Å². The average molecular weight is 314 g/mol. The lowest BCUT2D eigenvalue weighted by atomic mass is 10.1. The number of allylic oxidation sites excluding steroid dienone is 1. The number of anilines is 1. The van der Waals surface area contributed by atoms with Crippen molar-refractivity contribution < 1.29 is 18.0 Å². The molecule has 0 saturated carbocycles. The fraction of sp³-hybridized carbons (Fsp3) is 0.500. The monoisotopic (exact) mass is 314 g/mol. The minimum Gasteiger partial charge on any atom is -0.358 e. The van der Waals surface area contributed by atoms with Crippen molar-refractivity contribution >= 4 is 11.7 Å². The number of amides is 1. The van der Waals surface area contributed by atoms with Crippen LogP contribution in [0.25, 0.3) is 0 Å². The predicted octanol–water partition coefficient (Wildman–Crippen LogP) is 2.01. The Hall–Kier alpha value is -2.12. The number of rotatable bonds is 7. The molecule has 22 heavy (non-hydrogen) atoms. The van der Waals surface area contributed by atoms with E-state index in [1.54, 1.807) is 4.90 Å². The third-order valence-corrected chi connectivity index (χ3v) is 3.47. The van der Waals surface area contributed by atoms with Crippen LogP contribution in [-0.2, 0) is 11.2 Å². The second-order valence-electron chi connectivity index (χ2n) is 5.03. The number of nitrogens with one attached hydrogen (secondary N) is 1. The zero-order valence-electron chi connectivity index (χ0n) is 12.0. The summed E-state index contributed by atoms with van der Waals surface area (Å²) in [5.74, 6) is -0.945. The van der Waals surface area contributed by atoms with Crippen LogP contribution in [0.5, 0.6) is 0 Å². The summed E-state index contributed by atoms with van der Waals surface area (Å²) in [6, 6.07) is 0. The number of carbonyl (C=O) groups excluding carboxylic acids is 1. The van der Waals surface area contributed by atoms with Crippen LogP contribution >= 0.6 is 0 Å². The van der Waals surface area contributed by atoms with E-state index in [4.69, 9.17) is 0 Å². The second-order valence-corrected chi connectivity index (χ2v) is 5.03. The first-order valence-electron chi connectivity index (χ1n) is 6.96. The normalized spacial score (nSPS) is 13.9. The smallest absolute Gasteiger partial charge is 0.259 e. The Morgan fingerprint density at radius 3 is 2.73 bits per heavy atom. The fourth-order valence-corrected chi connectivity index (χ4v) is 1.93. The summed E-state index contributed by atoms with van der Waals surface area (Å²) in [4.78, 5) is 20.8. The number of likely N-dealkylation sites (tertiary alicyclic amines) is 1. The van der Waals surface area contributed by atoms with E-state index in [1.165, 1.54) is 0 Å². The molecule has 0 spiro atoms. The van der Waals surface area contributed by atoms with Crippen molar-refractivity contribution in [3.8, 4) is 0 Å². The standard InChI is InChI=1S/C14H17F3N4O/c1-9(13(16)17)3-4-10-12(15)14(20-8-19-10)18-7-11(22)21-5-2-6-21/h8,13H,1-7H2,(H,18,19,20). The first-order valence-corrected chi connectivity index (χ1v) is 6.96. The first kappa shape index (κ1) is 16.3. The van der Waals surface area contributed by atoms with Gasteiger partial charge in [0, 0.05) is 13.1 Å². The molecule has 1 aromatic rings. The van der Waals surface area contributed by atoms with Gasteiger partial charge in [-0.3, -0.25) is 4.79 Å². The van der Waals surface area contributed by atoms with Crippen LogP contribution in [0, 0.1) is 5.82 Å². The van der Waals surface area contributed by atoms with Gasteiger partial charge in [0.2, 0.25) is 5.91 Å². The van der Waals surface area contributed by atoms with Gasteiger partial charge >= 0.3 is 0 Å². The zero-order valence-corrected chi connectivity index (χ0v) is 12.0. The predicted molar refractivity (Wildman–Crippen MR) is 75.1 cm³/mol. The van der Waals surface area contributed by atoms with Crippen LogP contribution in [0.3, 0.4) is 0 Å². The van der Waals surface area contributed by atoms with Gasteiger partial charge in [-0.2, -0.15) is 0 Å². The van der Waals surface area contributed by atoms with Gasteiger partial charge in [-0.1, -0.05) is 6.58 Å². The Bertz CT molecular complexity index is 561.